The maximum absolute atomic E-state index is 12.5. The van der Waals surface area contributed by atoms with E-state index in [1.165, 1.54) is 0 Å². The Kier molecular flexibility index (Phi) is 4.97. The second kappa shape index (κ2) is 7.88. The monoisotopic (exact) mass is 369 g/mol. The molecule has 0 spiro atoms. The van der Waals surface area contributed by atoms with Crippen LogP contribution in [0.3, 0.4) is 0 Å². The summed E-state index contributed by atoms with van der Waals surface area (Å²) in [7, 11) is 0. The molecule has 5 heteroatoms. The summed E-state index contributed by atoms with van der Waals surface area (Å²) in [5.74, 6) is -0.470. The minimum absolute atomic E-state index is 0.444. The zero-order valence-corrected chi connectivity index (χ0v) is 15.4. The third-order valence-electron chi connectivity index (χ3n) is 4.58. The van der Waals surface area contributed by atoms with Crippen LogP contribution >= 0.6 is 0 Å². The van der Waals surface area contributed by atoms with Gasteiger partial charge in [-0.3, -0.25) is 0 Å². The van der Waals surface area contributed by atoms with Gasteiger partial charge in [-0.1, -0.05) is 59.8 Å². The van der Waals surface area contributed by atoms with Crippen LogP contribution in [-0.4, -0.2) is 21.2 Å². The first-order valence-corrected chi connectivity index (χ1v) is 8.99. The molecule has 4 rings (SSSR count). The molecule has 3 aromatic carbocycles. The fourth-order valence-corrected chi connectivity index (χ4v) is 3.04. The van der Waals surface area contributed by atoms with Gasteiger partial charge in [0.05, 0.1) is 18.4 Å². The lowest BCUT2D eigenvalue weighted by Gasteiger charge is -2.09. The zero-order valence-electron chi connectivity index (χ0n) is 15.4. The third kappa shape index (κ3) is 3.83. The van der Waals surface area contributed by atoms with Gasteiger partial charge in [0.1, 0.15) is 5.71 Å². The number of aryl methyl sites for hydroxylation is 1. The Morgan fingerprint density at radius 1 is 1.04 bits per heavy atom. The van der Waals surface area contributed by atoms with Crippen molar-refractivity contribution in [3.8, 4) is 0 Å². The van der Waals surface area contributed by atoms with Gasteiger partial charge in [-0.2, -0.15) is 0 Å². The van der Waals surface area contributed by atoms with Gasteiger partial charge in [-0.25, -0.2) is 9.78 Å². The minimum atomic E-state index is -0.470. The molecule has 138 valence electrons. The average Bonchev–Trinajstić information content (AvgIpc) is 3.24. The molecule has 0 amide bonds. The number of carbonyl (C=O) groups excluding carboxylic acids is 1. The molecule has 0 saturated carbocycles. The predicted molar refractivity (Wildman–Crippen MR) is 109 cm³/mol. The molecule has 0 aliphatic heterocycles. The predicted octanol–water partition coefficient (Wildman–Crippen LogP) is 4.61. The Labute approximate surface area is 162 Å². The average molecular weight is 369 g/mol. The second-order valence-electron chi connectivity index (χ2n) is 6.53. The molecular formula is C23H19N3O2. The summed E-state index contributed by atoms with van der Waals surface area (Å²) in [5, 5.41) is 6.46. The van der Waals surface area contributed by atoms with Crippen molar-refractivity contribution in [3.05, 3.63) is 102 Å². The molecule has 1 aromatic heterocycles. The van der Waals surface area contributed by atoms with Gasteiger partial charge in [-0.15, -0.1) is 0 Å². The lowest BCUT2D eigenvalue weighted by molar-refractivity contribution is 0.0514. The van der Waals surface area contributed by atoms with Crippen LogP contribution in [0.25, 0.3) is 10.8 Å². The van der Waals surface area contributed by atoms with E-state index in [-0.39, 0.29) is 0 Å². The number of nitrogens with zero attached hydrogens (tertiary/aromatic N) is 3. The summed E-state index contributed by atoms with van der Waals surface area (Å²) >= 11 is 0. The summed E-state index contributed by atoms with van der Waals surface area (Å²) in [6, 6.07) is 21.5. The Morgan fingerprint density at radius 3 is 2.61 bits per heavy atom. The Hall–Kier alpha value is -3.73. The van der Waals surface area contributed by atoms with E-state index in [1.54, 1.807) is 18.6 Å². The standard InChI is InChI=1S/C23H19N3O2/c1-17-6-2-5-9-21(17)23(27)28-25-22(15-26-13-12-24-16-26)20-11-10-18-7-3-4-8-19(18)14-20/h2-14,16H,15H2,1H3/b25-22-. The number of hydrogen-bond acceptors (Lipinski definition) is 4. The molecule has 0 fully saturated rings. The van der Waals surface area contributed by atoms with Crippen molar-refractivity contribution in [2.45, 2.75) is 13.5 Å². The highest BCUT2D eigenvalue weighted by atomic mass is 16.7. The van der Waals surface area contributed by atoms with Crippen LogP contribution in [-0.2, 0) is 11.4 Å². The highest BCUT2D eigenvalue weighted by Gasteiger charge is 2.12. The number of rotatable bonds is 5. The Bertz CT molecular complexity index is 1150. The largest absolute Gasteiger partial charge is 0.366 e. The number of benzene rings is 3. The SMILES string of the molecule is Cc1ccccc1C(=O)O/N=C(/Cn1ccnc1)c1ccc2ccccc2c1. The molecule has 5 nitrogen and oxygen atoms in total. The smallest absolute Gasteiger partial charge is 0.331 e. The van der Waals surface area contributed by atoms with E-state index in [9.17, 15) is 4.79 Å². The number of fused-ring (bicyclic) bond motifs is 1. The van der Waals surface area contributed by atoms with Gasteiger partial charge in [0.25, 0.3) is 0 Å². The summed E-state index contributed by atoms with van der Waals surface area (Å²) in [6.45, 7) is 2.31. The highest BCUT2D eigenvalue weighted by molar-refractivity contribution is 6.03. The van der Waals surface area contributed by atoms with Gasteiger partial charge in [0.15, 0.2) is 0 Å². The van der Waals surface area contributed by atoms with Crippen LogP contribution in [0.1, 0.15) is 21.5 Å². The van der Waals surface area contributed by atoms with Crippen LogP contribution in [0.5, 0.6) is 0 Å². The lowest BCUT2D eigenvalue weighted by atomic mass is 10.0. The number of hydrogen-bond donors (Lipinski definition) is 0. The molecule has 0 aliphatic rings. The molecule has 28 heavy (non-hydrogen) atoms. The number of oxime groups is 1. The van der Waals surface area contributed by atoms with Gasteiger partial charge in [0.2, 0.25) is 0 Å². The molecule has 0 unspecified atom stereocenters. The van der Waals surface area contributed by atoms with E-state index < -0.39 is 5.97 Å². The molecule has 1 heterocycles. The maximum Gasteiger partial charge on any atom is 0.366 e. The molecule has 4 aromatic rings. The van der Waals surface area contributed by atoms with Crippen molar-refractivity contribution in [2.24, 2.45) is 5.16 Å². The quantitative estimate of drug-likeness (QED) is 0.293. The van der Waals surface area contributed by atoms with Gasteiger partial charge in [-0.05, 0) is 35.4 Å². The van der Waals surface area contributed by atoms with Crippen molar-refractivity contribution < 1.29 is 9.63 Å². The van der Waals surface area contributed by atoms with E-state index in [2.05, 4.69) is 16.2 Å². The summed E-state index contributed by atoms with van der Waals surface area (Å²) in [6.07, 6.45) is 5.26. The fraction of sp³-hybridized carbons (Fsp3) is 0.0870. The van der Waals surface area contributed by atoms with E-state index in [0.29, 0.717) is 17.8 Å². The van der Waals surface area contributed by atoms with Gasteiger partial charge < -0.3 is 9.40 Å². The van der Waals surface area contributed by atoms with Crippen molar-refractivity contribution in [3.63, 3.8) is 0 Å². The van der Waals surface area contributed by atoms with Crippen LogP contribution in [0.4, 0.5) is 0 Å². The van der Waals surface area contributed by atoms with E-state index in [0.717, 1.165) is 21.9 Å². The Morgan fingerprint density at radius 2 is 1.82 bits per heavy atom. The topological polar surface area (TPSA) is 56.5 Å². The highest BCUT2D eigenvalue weighted by Crippen LogP contribution is 2.17. The molecule has 0 bridgehead atoms. The van der Waals surface area contributed by atoms with Crippen LogP contribution in [0.15, 0.2) is 90.6 Å². The van der Waals surface area contributed by atoms with Crippen LogP contribution in [0.2, 0.25) is 0 Å². The minimum Gasteiger partial charge on any atom is -0.331 e. The molecule has 0 saturated heterocycles. The van der Waals surface area contributed by atoms with Crippen LogP contribution < -0.4 is 0 Å². The lowest BCUT2D eigenvalue weighted by Crippen LogP contribution is -2.13. The van der Waals surface area contributed by atoms with Crippen molar-refractivity contribution in [1.82, 2.24) is 9.55 Å². The van der Waals surface area contributed by atoms with E-state index in [4.69, 9.17) is 4.84 Å². The first-order valence-electron chi connectivity index (χ1n) is 8.99. The third-order valence-corrected chi connectivity index (χ3v) is 4.58. The first-order chi connectivity index (χ1) is 13.7. The fourth-order valence-electron chi connectivity index (χ4n) is 3.04. The Balaban J connectivity index is 1.67. The zero-order chi connectivity index (χ0) is 19.3. The molecule has 0 atom stereocenters. The maximum atomic E-state index is 12.5. The first kappa shape index (κ1) is 17.7. The number of aromatic nitrogens is 2. The van der Waals surface area contributed by atoms with Gasteiger partial charge >= 0.3 is 5.97 Å². The van der Waals surface area contributed by atoms with Crippen molar-refractivity contribution >= 4 is 22.5 Å². The van der Waals surface area contributed by atoms with Crippen molar-refractivity contribution in [1.29, 1.82) is 0 Å². The number of imidazole rings is 1. The molecule has 0 radical (unpaired) electrons. The molecular weight excluding hydrogens is 350 g/mol. The van der Waals surface area contributed by atoms with E-state index >= 15 is 0 Å². The van der Waals surface area contributed by atoms with Crippen molar-refractivity contribution in [2.75, 3.05) is 0 Å². The summed E-state index contributed by atoms with van der Waals surface area (Å²) in [4.78, 5) is 21.8. The molecule has 0 aliphatic carbocycles. The summed E-state index contributed by atoms with van der Waals surface area (Å²) in [5.41, 5.74) is 2.90. The second-order valence-corrected chi connectivity index (χ2v) is 6.53. The van der Waals surface area contributed by atoms with E-state index in [1.807, 2.05) is 72.3 Å². The normalized spacial score (nSPS) is 11.5. The molecule has 0 N–H and O–H groups in total. The summed E-state index contributed by atoms with van der Waals surface area (Å²) < 4.78 is 1.88. The van der Waals surface area contributed by atoms with Crippen LogP contribution in [0, 0.1) is 6.92 Å². The number of carbonyl (C=O) groups is 1. The van der Waals surface area contributed by atoms with Gasteiger partial charge in [0, 0.05) is 18.0 Å².